The van der Waals surface area contributed by atoms with Crippen molar-refractivity contribution in [2.75, 3.05) is 5.73 Å². The first-order chi connectivity index (χ1) is 9.74. The molecule has 0 atom stereocenters. The first-order valence-corrected chi connectivity index (χ1v) is 6.64. The summed E-state index contributed by atoms with van der Waals surface area (Å²) in [5.74, 6) is 0.644. The van der Waals surface area contributed by atoms with Gasteiger partial charge in [-0.2, -0.15) is 4.98 Å². The Balaban J connectivity index is 2.24. The van der Waals surface area contributed by atoms with Crippen molar-refractivity contribution in [1.29, 1.82) is 0 Å². The number of nitrogens with zero attached hydrogens (tertiary/aromatic N) is 1. The Morgan fingerprint density at radius 1 is 1.14 bits per heavy atom. The van der Waals surface area contributed by atoms with Crippen LogP contribution in [0, 0.1) is 12.7 Å². The van der Waals surface area contributed by atoms with E-state index in [0.717, 1.165) is 0 Å². The van der Waals surface area contributed by atoms with Crippen LogP contribution < -0.4 is 15.2 Å². The van der Waals surface area contributed by atoms with E-state index in [1.165, 1.54) is 6.07 Å². The summed E-state index contributed by atoms with van der Waals surface area (Å²) in [7, 11) is 0. The lowest BCUT2D eigenvalue weighted by Crippen LogP contribution is -2.24. The largest absolute Gasteiger partial charge is 0.470 e. The Morgan fingerprint density at radius 3 is 2.48 bits per heavy atom. The van der Waals surface area contributed by atoms with Crippen molar-refractivity contribution < 1.29 is 13.9 Å². The summed E-state index contributed by atoms with van der Waals surface area (Å²) in [5, 5.41) is 0. The molecule has 4 nitrogen and oxygen atoms in total. The number of nitrogen functional groups attached to an aromatic ring is 1. The average Bonchev–Trinajstić information content (AvgIpc) is 2.36. The van der Waals surface area contributed by atoms with E-state index >= 15 is 0 Å². The molecular formula is C16H19FN2O2. The zero-order valence-electron chi connectivity index (χ0n) is 12.6. The number of hydrogen-bond acceptors (Lipinski definition) is 4. The molecule has 0 amide bonds. The van der Waals surface area contributed by atoms with Gasteiger partial charge in [0.15, 0.2) is 0 Å². The van der Waals surface area contributed by atoms with Crippen molar-refractivity contribution in [2.24, 2.45) is 0 Å². The highest BCUT2D eigenvalue weighted by molar-refractivity contribution is 5.50. The smallest absolute Gasteiger partial charge is 0.241 e. The van der Waals surface area contributed by atoms with Gasteiger partial charge in [-0.25, -0.2) is 4.39 Å². The number of rotatable bonds is 3. The summed E-state index contributed by atoms with van der Waals surface area (Å²) >= 11 is 0. The van der Waals surface area contributed by atoms with Crippen LogP contribution in [0.15, 0.2) is 30.3 Å². The number of halogens is 1. The highest BCUT2D eigenvalue weighted by Crippen LogP contribution is 2.28. The van der Waals surface area contributed by atoms with E-state index in [1.54, 1.807) is 31.2 Å². The fraction of sp³-hybridized carbons (Fsp3) is 0.312. The first-order valence-electron chi connectivity index (χ1n) is 6.64. The molecule has 0 unspecified atom stereocenters. The fourth-order valence-electron chi connectivity index (χ4n) is 1.62. The molecule has 21 heavy (non-hydrogen) atoms. The van der Waals surface area contributed by atoms with E-state index < -0.39 is 5.60 Å². The summed E-state index contributed by atoms with van der Waals surface area (Å²) in [4.78, 5) is 4.21. The maximum Gasteiger partial charge on any atom is 0.241 e. The summed E-state index contributed by atoms with van der Waals surface area (Å²) in [6.07, 6.45) is 0. The average molecular weight is 290 g/mol. The summed E-state index contributed by atoms with van der Waals surface area (Å²) in [5.41, 5.74) is 6.39. The summed E-state index contributed by atoms with van der Waals surface area (Å²) in [6, 6.07) is 7.91. The van der Waals surface area contributed by atoms with E-state index in [1.807, 2.05) is 20.8 Å². The Hall–Kier alpha value is -2.30. The molecule has 2 aromatic rings. The molecule has 1 heterocycles. The molecule has 0 aliphatic carbocycles. The molecule has 112 valence electrons. The monoisotopic (exact) mass is 290 g/mol. The Bertz CT molecular complexity index is 651. The zero-order chi connectivity index (χ0) is 15.6. The van der Waals surface area contributed by atoms with Crippen LogP contribution >= 0.6 is 0 Å². The highest BCUT2D eigenvalue weighted by Gasteiger charge is 2.16. The maximum absolute atomic E-state index is 13.5. The summed E-state index contributed by atoms with van der Waals surface area (Å²) in [6.45, 7) is 7.39. The van der Waals surface area contributed by atoms with Crippen LogP contribution in [-0.4, -0.2) is 10.6 Å². The molecular weight excluding hydrogens is 271 g/mol. The Morgan fingerprint density at radius 2 is 1.86 bits per heavy atom. The van der Waals surface area contributed by atoms with E-state index in [2.05, 4.69) is 4.98 Å². The van der Waals surface area contributed by atoms with Crippen molar-refractivity contribution in [3.8, 4) is 17.5 Å². The Labute approximate surface area is 123 Å². The minimum atomic E-state index is -0.421. The van der Waals surface area contributed by atoms with Crippen LogP contribution in [-0.2, 0) is 0 Å². The Kier molecular flexibility index (Phi) is 4.02. The fourth-order valence-corrected chi connectivity index (χ4v) is 1.62. The van der Waals surface area contributed by atoms with E-state index in [4.69, 9.17) is 15.2 Å². The van der Waals surface area contributed by atoms with Gasteiger partial charge in [0.2, 0.25) is 11.8 Å². The quantitative estimate of drug-likeness (QED) is 0.925. The number of nitrogens with two attached hydrogens (primary N) is 1. The van der Waals surface area contributed by atoms with Crippen LogP contribution in [0.2, 0.25) is 0 Å². The van der Waals surface area contributed by atoms with E-state index in [9.17, 15) is 4.39 Å². The molecule has 1 aromatic carbocycles. The van der Waals surface area contributed by atoms with Crippen LogP contribution in [0.25, 0.3) is 0 Å². The second kappa shape index (κ2) is 5.60. The number of hydrogen-bond donors (Lipinski definition) is 1. The van der Waals surface area contributed by atoms with Gasteiger partial charge in [0.1, 0.15) is 17.2 Å². The van der Waals surface area contributed by atoms with Crippen molar-refractivity contribution in [1.82, 2.24) is 4.98 Å². The van der Waals surface area contributed by atoms with E-state index in [-0.39, 0.29) is 5.82 Å². The predicted molar refractivity (Wildman–Crippen MR) is 80.2 cm³/mol. The molecule has 0 bridgehead atoms. The molecule has 1 aromatic heterocycles. The van der Waals surface area contributed by atoms with Gasteiger partial charge in [0.25, 0.3) is 0 Å². The molecule has 0 saturated carbocycles. The molecule has 0 fully saturated rings. The van der Waals surface area contributed by atoms with Crippen molar-refractivity contribution in [2.45, 2.75) is 33.3 Å². The third-order valence-electron chi connectivity index (χ3n) is 2.63. The second-order valence-corrected chi connectivity index (χ2v) is 5.77. The SMILES string of the molecule is Cc1ccc(Oc2ccc(N)c(OC(C)(C)C)n2)cc1F. The standard InChI is InChI=1S/C16H19FN2O2/c1-10-5-6-11(9-12(10)17)20-14-8-7-13(18)15(19-14)21-16(2,3)4/h5-9H,18H2,1-4H3. The molecule has 0 spiro atoms. The molecule has 0 radical (unpaired) electrons. The predicted octanol–water partition coefficient (Wildman–Crippen LogP) is 4.08. The van der Waals surface area contributed by atoms with E-state index in [0.29, 0.717) is 28.8 Å². The maximum atomic E-state index is 13.5. The van der Waals surface area contributed by atoms with Crippen LogP contribution in [0.3, 0.4) is 0 Å². The summed E-state index contributed by atoms with van der Waals surface area (Å²) < 4.78 is 24.7. The van der Waals surface area contributed by atoms with Crippen LogP contribution in [0.4, 0.5) is 10.1 Å². The van der Waals surface area contributed by atoms with Gasteiger partial charge in [-0.15, -0.1) is 0 Å². The normalized spacial score (nSPS) is 11.3. The topological polar surface area (TPSA) is 57.4 Å². The van der Waals surface area contributed by atoms with Gasteiger partial charge in [0.05, 0.1) is 5.69 Å². The lowest BCUT2D eigenvalue weighted by Gasteiger charge is -2.21. The number of aromatic nitrogens is 1. The first kappa shape index (κ1) is 15.1. The molecule has 0 aliphatic heterocycles. The number of benzene rings is 1. The number of aryl methyl sites for hydroxylation is 1. The van der Waals surface area contributed by atoms with Gasteiger partial charge < -0.3 is 15.2 Å². The lowest BCUT2D eigenvalue weighted by atomic mass is 10.2. The van der Waals surface area contributed by atoms with Crippen LogP contribution in [0.5, 0.6) is 17.5 Å². The zero-order valence-corrected chi connectivity index (χ0v) is 12.6. The van der Waals surface area contributed by atoms with Gasteiger partial charge in [-0.3, -0.25) is 0 Å². The lowest BCUT2D eigenvalue weighted by molar-refractivity contribution is 0.124. The number of anilines is 1. The third kappa shape index (κ3) is 4.08. The van der Waals surface area contributed by atoms with Crippen molar-refractivity contribution >= 4 is 5.69 Å². The van der Waals surface area contributed by atoms with Crippen LogP contribution in [0.1, 0.15) is 26.3 Å². The minimum Gasteiger partial charge on any atom is -0.470 e. The van der Waals surface area contributed by atoms with Gasteiger partial charge in [-0.1, -0.05) is 6.07 Å². The van der Waals surface area contributed by atoms with Crippen molar-refractivity contribution in [3.05, 3.63) is 41.7 Å². The van der Waals surface area contributed by atoms with Gasteiger partial charge in [0, 0.05) is 12.1 Å². The number of ether oxygens (including phenoxy) is 2. The molecule has 0 aliphatic rings. The van der Waals surface area contributed by atoms with Gasteiger partial charge in [-0.05, 0) is 45.4 Å². The van der Waals surface area contributed by atoms with Gasteiger partial charge >= 0.3 is 0 Å². The highest BCUT2D eigenvalue weighted by atomic mass is 19.1. The number of pyridine rings is 1. The molecule has 2 N–H and O–H groups in total. The molecule has 5 heteroatoms. The molecule has 2 rings (SSSR count). The minimum absolute atomic E-state index is 0.298. The third-order valence-corrected chi connectivity index (χ3v) is 2.63. The molecule has 0 saturated heterocycles. The second-order valence-electron chi connectivity index (χ2n) is 5.77. The van der Waals surface area contributed by atoms with Crippen molar-refractivity contribution in [3.63, 3.8) is 0 Å².